The normalized spacial score (nSPS) is 41.6. The summed E-state index contributed by atoms with van der Waals surface area (Å²) in [5.74, 6) is 3.18. The first-order chi connectivity index (χ1) is 8.96. The minimum absolute atomic E-state index is 0.0932. The Morgan fingerprint density at radius 1 is 1.16 bits per heavy atom. The van der Waals surface area contributed by atoms with Crippen molar-refractivity contribution in [3.63, 3.8) is 0 Å². The van der Waals surface area contributed by atoms with Gasteiger partial charge in [0.1, 0.15) is 0 Å². The topological polar surface area (TPSA) is 55.1 Å². The van der Waals surface area contributed by atoms with Crippen LogP contribution in [0.25, 0.3) is 0 Å². The highest BCUT2D eigenvalue weighted by Crippen LogP contribution is 2.55. The maximum Gasteiger partial charge on any atom is 0.237 e. The fraction of sp³-hybridized carbons (Fsp3) is 0.938. The average molecular weight is 264 g/mol. The lowest BCUT2D eigenvalue weighted by Gasteiger charge is -2.57. The second-order valence-corrected chi connectivity index (χ2v) is 7.92. The molecule has 4 fully saturated rings. The van der Waals surface area contributed by atoms with E-state index in [1.54, 1.807) is 0 Å². The third-order valence-electron chi connectivity index (χ3n) is 5.49. The molecule has 4 saturated carbocycles. The number of rotatable bonds is 4. The van der Waals surface area contributed by atoms with Gasteiger partial charge < -0.3 is 11.1 Å². The lowest BCUT2D eigenvalue weighted by molar-refractivity contribution is -0.128. The molecule has 108 valence electrons. The van der Waals surface area contributed by atoms with Gasteiger partial charge in [0.15, 0.2) is 0 Å². The van der Waals surface area contributed by atoms with E-state index < -0.39 is 0 Å². The molecule has 3 nitrogen and oxygen atoms in total. The van der Waals surface area contributed by atoms with Crippen molar-refractivity contribution >= 4 is 5.91 Å². The van der Waals surface area contributed by atoms with E-state index in [0.29, 0.717) is 5.92 Å². The Hall–Kier alpha value is -0.570. The Bertz CT molecular complexity index is 328. The number of nitrogens with one attached hydrogen (secondary N) is 1. The third-order valence-corrected chi connectivity index (χ3v) is 5.49. The summed E-state index contributed by atoms with van der Waals surface area (Å²) in [4.78, 5) is 12.3. The molecular weight excluding hydrogens is 236 g/mol. The van der Waals surface area contributed by atoms with Crippen molar-refractivity contribution in [3.05, 3.63) is 0 Å². The van der Waals surface area contributed by atoms with Crippen molar-refractivity contribution in [1.29, 1.82) is 0 Å². The molecule has 0 aromatic rings. The van der Waals surface area contributed by atoms with Crippen LogP contribution >= 0.6 is 0 Å². The van der Waals surface area contributed by atoms with Gasteiger partial charge in [0.05, 0.1) is 6.04 Å². The van der Waals surface area contributed by atoms with Gasteiger partial charge >= 0.3 is 0 Å². The fourth-order valence-electron chi connectivity index (χ4n) is 5.23. The molecule has 4 bridgehead atoms. The Balaban J connectivity index is 1.64. The van der Waals surface area contributed by atoms with E-state index >= 15 is 0 Å². The predicted molar refractivity (Wildman–Crippen MR) is 76.5 cm³/mol. The van der Waals surface area contributed by atoms with E-state index in [-0.39, 0.29) is 17.5 Å². The Morgan fingerprint density at radius 3 is 2.05 bits per heavy atom. The quantitative estimate of drug-likeness (QED) is 0.819. The summed E-state index contributed by atoms with van der Waals surface area (Å²) in [6, 6.07) is -0.326. The second-order valence-electron chi connectivity index (χ2n) is 7.92. The van der Waals surface area contributed by atoms with Crippen LogP contribution < -0.4 is 11.1 Å². The van der Waals surface area contributed by atoms with Gasteiger partial charge in [-0.3, -0.25) is 4.79 Å². The molecule has 0 spiro atoms. The smallest absolute Gasteiger partial charge is 0.237 e. The van der Waals surface area contributed by atoms with Crippen LogP contribution in [0.4, 0.5) is 0 Å². The predicted octanol–water partition coefficient (Wildman–Crippen LogP) is 2.44. The van der Waals surface area contributed by atoms with Crippen LogP contribution in [0.3, 0.4) is 0 Å². The molecule has 0 aromatic heterocycles. The van der Waals surface area contributed by atoms with Crippen LogP contribution in [0.5, 0.6) is 0 Å². The van der Waals surface area contributed by atoms with Gasteiger partial charge in [0, 0.05) is 5.54 Å². The van der Waals surface area contributed by atoms with E-state index in [2.05, 4.69) is 19.2 Å². The monoisotopic (exact) mass is 264 g/mol. The Kier molecular flexibility index (Phi) is 3.36. The summed E-state index contributed by atoms with van der Waals surface area (Å²) < 4.78 is 0. The molecule has 1 amide bonds. The molecule has 4 rings (SSSR count). The van der Waals surface area contributed by atoms with Crippen molar-refractivity contribution in [2.24, 2.45) is 29.4 Å². The van der Waals surface area contributed by atoms with Crippen LogP contribution in [-0.2, 0) is 4.79 Å². The van der Waals surface area contributed by atoms with E-state index in [0.717, 1.165) is 24.2 Å². The number of carbonyl (C=O) groups excluding carboxylic acids is 1. The van der Waals surface area contributed by atoms with E-state index in [1.807, 2.05) is 0 Å². The molecule has 3 N–H and O–H groups in total. The lowest BCUT2D eigenvalue weighted by atomic mass is 9.53. The molecule has 0 saturated heterocycles. The first-order valence-corrected chi connectivity index (χ1v) is 8.03. The van der Waals surface area contributed by atoms with Crippen molar-refractivity contribution in [2.45, 2.75) is 70.4 Å². The zero-order valence-electron chi connectivity index (χ0n) is 12.3. The van der Waals surface area contributed by atoms with Crippen molar-refractivity contribution in [2.75, 3.05) is 0 Å². The Morgan fingerprint density at radius 2 is 1.63 bits per heavy atom. The maximum atomic E-state index is 12.3. The van der Waals surface area contributed by atoms with Gasteiger partial charge in [0.2, 0.25) is 5.91 Å². The summed E-state index contributed by atoms with van der Waals surface area (Å²) in [7, 11) is 0. The molecule has 0 heterocycles. The number of nitrogens with two attached hydrogens (primary N) is 1. The molecule has 0 aromatic carbocycles. The summed E-state index contributed by atoms with van der Waals surface area (Å²) in [5, 5.41) is 3.37. The fourth-order valence-corrected chi connectivity index (χ4v) is 5.23. The highest BCUT2D eigenvalue weighted by atomic mass is 16.2. The van der Waals surface area contributed by atoms with Crippen molar-refractivity contribution in [3.8, 4) is 0 Å². The van der Waals surface area contributed by atoms with Crippen LogP contribution in [0, 0.1) is 23.7 Å². The molecule has 1 unspecified atom stereocenters. The van der Waals surface area contributed by atoms with E-state index in [9.17, 15) is 4.79 Å². The zero-order chi connectivity index (χ0) is 13.6. The van der Waals surface area contributed by atoms with Gasteiger partial charge in [0.25, 0.3) is 0 Å². The number of amides is 1. The zero-order valence-corrected chi connectivity index (χ0v) is 12.3. The standard InChI is InChI=1S/C16H28N2O/c1-10(2)3-14(17)15(19)18-16-7-11-4-12(8-16)6-13(5-11)9-16/h10-14H,3-9,17H2,1-2H3,(H,18,19). The van der Waals surface area contributed by atoms with Crippen LogP contribution in [-0.4, -0.2) is 17.5 Å². The molecule has 3 heteroatoms. The molecule has 4 aliphatic carbocycles. The summed E-state index contributed by atoms with van der Waals surface area (Å²) in [5.41, 5.74) is 6.15. The Labute approximate surface area is 116 Å². The summed E-state index contributed by atoms with van der Waals surface area (Å²) >= 11 is 0. The first kappa shape index (κ1) is 13.4. The van der Waals surface area contributed by atoms with E-state index in [4.69, 9.17) is 5.73 Å². The van der Waals surface area contributed by atoms with Gasteiger partial charge in [-0.25, -0.2) is 0 Å². The van der Waals surface area contributed by atoms with Crippen molar-refractivity contribution < 1.29 is 4.79 Å². The van der Waals surface area contributed by atoms with Gasteiger partial charge in [-0.1, -0.05) is 13.8 Å². The summed E-state index contributed by atoms with van der Waals surface area (Å²) in [6.07, 6.45) is 8.64. The minimum atomic E-state index is -0.326. The van der Waals surface area contributed by atoms with Crippen molar-refractivity contribution in [1.82, 2.24) is 5.32 Å². The highest BCUT2D eigenvalue weighted by Gasteiger charge is 2.51. The molecule has 19 heavy (non-hydrogen) atoms. The maximum absolute atomic E-state index is 12.3. The second kappa shape index (κ2) is 4.76. The molecular formula is C16H28N2O. The molecule has 0 radical (unpaired) electrons. The summed E-state index contributed by atoms with van der Waals surface area (Å²) in [6.45, 7) is 4.25. The van der Waals surface area contributed by atoms with Crippen LogP contribution in [0.2, 0.25) is 0 Å². The lowest BCUT2D eigenvalue weighted by Crippen LogP contribution is -2.62. The van der Waals surface area contributed by atoms with Gasteiger partial charge in [-0.2, -0.15) is 0 Å². The number of hydrogen-bond acceptors (Lipinski definition) is 2. The largest absolute Gasteiger partial charge is 0.349 e. The van der Waals surface area contributed by atoms with Gasteiger partial charge in [-0.05, 0) is 68.6 Å². The highest BCUT2D eigenvalue weighted by molar-refractivity contribution is 5.82. The SMILES string of the molecule is CC(C)CC(N)C(=O)NC12CC3CC(CC(C3)C1)C2. The third kappa shape index (κ3) is 2.67. The van der Waals surface area contributed by atoms with Crippen LogP contribution in [0.1, 0.15) is 58.8 Å². The number of carbonyl (C=O) groups is 1. The van der Waals surface area contributed by atoms with Crippen LogP contribution in [0.15, 0.2) is 0 Å². The average Bonchev–Trinajstić information content (AvgIpc) is 2.24. The molecule has 4 aliphatic rings. The minimum Gasteiger partial charge on any atom is -0.349 e. The molecule has 1 atom stereocenters. The molecule has 0 aliphatic heterocycles. The number of hydrogen-bond donors (Lipinski definition) is 2. The van der Waals surface area contributed by atoms with E-state index in [1.165, 1.54) is 38.5 Å². The first-order valence-electron chi connectivity index (χ1n) is 8.03. The van der Waals surface area contributed by atoms with Gasteiger partial charge in [-0.15, -0.1) is 0 Å².